The molecule has 29 heavy (non-hydrogen) atoms. The molecule has 8 nitrogen and oxygen atoms in total. The Balaban J connectivity index is 2.20. The number of esters is 1. The first kappa shape index (κ1) is 24.4. The monoisotopic (exact) mass is 755 g/mol. The van der Waals surface area contributed by atoms with E-state index in [9.17, 15) is 22.8 Å². The molecule has 0 aliphatic heterocycles. The van der Waals surface area contributed by atoms with E-state index in [1.807, 2.05) is 28.7 Å². The van der Waals surface area contributed by atoms with Gasteiger partial charge in [0.05, 0.1) is 16.7 Å². The highest BCUT2D eigenvalue weighted by Gasteiger charge is 2.22. The predicted octanol–water partition coefficient (Wildman–Crippen LogP) is 3.12. The molecule has 0 aliphatic rings. The molecule has 0 saturated carbocycles. The highest BCUT2D eigenvalue weighted by Crippen LogP contribution is 2.23. The van der Waals surface area contributed by atoms with E-state index in [1.165, 1.54) is 24.3 Å². The number of rotatable bonds is 6. The molecule has 0 saturated heterocycles. The molecule has 2 rings (SSSR count). The summed E-state index contributed by atoms with van der Waals surface area (Å²) in [5, 5.41) is 2.25. The molecule has 2 N–H and O–H groups in total. The van der Waals surface area contributed by atoms with Crippen LogP contribution in [0.25, 0.3) is 0 Å². The largest absolute Gasteiger partial charge is 0.461 e. The smallest absolute Gasteiger partial charge is 0.338 e. The van der Waals surface area contributed by atoms with Crippen LogP contribution in [-0.2, 0) is 14.9 Å². The van der Waals surface area contributed by atoms with Crippen molar-refractivity contribution in [1.82, 2.24) is 5.32 Å². The molecule has 2 aromatic rings. The minimum atomic E-state index is -4.29. The molecule has 0 unspecified atom stereocenters. The number of nitrogens with one attached hydrogen (secondary N) is 1. The molecule has 2 aromatic carbocycles. The second-order valence-electron chi connectivity index (χ2n) is 5.50. The number of hydrogen-bond acceptors (Lipinski definition) is 6. The maximum Gasteiger partial charge on any atom is 0.338 e. The number of benzene rings is 2. The Morgan fingerprint density at radius 1 is 0.966 bits per heavy atom. The Morgan fingerprint density at radius 2 is 1.55 bits per heavy atom. The van der Waals surface area contributed by atoms with Gasteiger partial charge in [-0.25, -0.2) is 4.79 Å². The molecule has 0 heterocycles. The van der Waals surface area contributed by atoms with E-state index in [2.05, 4.69) is 50.5 Å². The molecular weight excluding hydrogens is 743 g/mol. The van der Waals surface area contributed by atoms with Gasteiger partial charge in [-0.15, -0.1) is 0 Å². The van der Waals surface area contributed by atoms with E-state index in [-0.39, 0.29) is 11.1 Å². The summed E-state index contributed by atoms with van der Waals surface area (Å²) in [5.41, 5.74) is 0.0801. The van der Waals surface area contributed by atoms with E-state index in [1.54, 1.807) is 6.07 Å². The third-order valence-electron chi connectivity index (χ3n) is 3.43. The summed E-state index contributed by atoms with van der Waals surface area (Å²) in [4.78, 5) is 37.3. The van der Waals surface area contributed by atoms with Crippen molar-refractivity contribution < 1.29 is 32.1 Å². The summed E-state index contributed by atoms with van der Waals surface area (Å²) in [6.45, 7) is -0.578. The van der Waals surface area contributed by atoms with Crippen LogP contribution in [0.3, 0.4) is 0 Å². The van der Waals surface area contributed by atoms with E-state index >= 15 is 0 Å². The van der Waals surface area contributed by atoms with Gasteiger partial charge in [0.1, 0.15) is 12.4 Å². The van der Waals surface area contributed by atoms with Crippen LogP contribution in [0.1, 0.15) is 31.1 Å². The van der Waals surface area contributed by atoms with Crippen molar-refractivity contribution in [3.8, 4) is 0 Å². The Hall–Kier alpha value is -0.850. The molecule has 12 heteroatoms. The van der Waals surface area contributed by atoms with Crippen molar-refractivity contribution in [1.29, 1.82) is 0 Å². The Labute approximate surface area is 207 Å². The number of ether oxygens (including phenoxy) is 1. The van der Waals surface area contributed by atoms with Crippen molar-refractivity contribution in [2.45, 2.75) is 0 Å². The van der Waals surface area contributed by atoms with E-state index in [0.29, 0.717) is 9.13 Å². The lowest BCUT2D eigenvalue weighted by Gasteiger charge is -2.11. The standard InChI is InChI=1S/C17H12I3NO7S/c18-9-7-12(14(20)13(19)8-9)16(23)21-15(22)10-3-1-2-4-11(10)17(24)28-5-6-29(25,26)27/h1-4,7-8H,5-6H2,(H,21,22,23)(H,25,26,27). The normalized spacial score (nSPS) is 11.0. The zero-order valence-corrected chi connectivity index (χ0v) is 21.6. The third kappa shape index (κ3) is 7.11. The average Bonchev–Trinajstić information content (AvgIpc) is 2.63. The van der Waals surface area contributed by atoms with Crippen molar-refractivity contribution >= 4 is 95.7 Å². The van der Waals surface area contributed by atoms with Crippen LogP contribution >= 0.6 is 67.8 Å². The molecule has 2 amide bonds. The first-order chi connectivity index (χ1) is 13.5. The van der Waals surface area contributed by atoms with E-state index in [0.717, 1.165) is 7.14 Å². The number of halogens is 3. The quantitative estimate of drug-likeness (QED) is 0.153. The number of carbonyl (C=O) groups is 3. The lowest BCUT2D eigenvalue weighted by molar-refractivity contribution is 0.0523. The first-order valence-corrected chi connectivity index (χ1v) is 12.6. The van der Waals surface area contributed by atoms with Gasteiger partial charge < -0.3 is 4.74 Å². The number of hydrogen-bond donors (Lipinski definition) is 2. The van der Waals surface area contributed by atoms with Crippen LogP contribution < -0.4 is 5.32 Å². The lowest BCUT2D eigenvalue weighted by atomic mass is 10.1. The van der Waals surface area contributed by atoms with Crippen LogP contribution in [0, 0.1) is 10.7 Å². The minimum absolute atomic E-state index is 0.104. The zero-order valence-electron chi connectivity index (χ0n) is 14.3. The molecule has 0 aliphatic carbocycles. The molecule has 0 atom stereocenters. The van der Waals surface area contributed by atoms with Gasteiger partial charge in [0.15, 0.2) is 0 Å². The average molecular weight is 755 g/mol. The van der Waals surface area contributed by atoms with Crippen molar-refractivity contribution in [3.05, 3.63) is 63.8 Å². The summed E-state index contributed by atoms with van der Waals surface area (Å²) in [6, 6.07) is 9.18. The fourth-order valence-electron chi connectivity index (χ4n) is 2.14. The zero-order chi connectivity index (χ0) is 21.8. The van der Waals surface area contributed by atoms with Gasteiger partial charge in [-0.1, -0.05) is 12.1 Å². The van der Waals surface area contributed by atoms with Crippen LogP contribution in [-0.4, -0.2) is 43.1 Å². The second-order valence-corrected chi connectivity index (χ2v) is 10.6. The molecule has 0 spiro atoms. The number of carbonyl (C=O) groups excluding carboxylic acids is 3. The summed E-state index contributed by atoms with van der Waals surface area (Å²) in [7, 11) is -4.29. The highest BCUT2D eigenvalue weighted by molar-refractivity contribution is 14.1. The molecular formula is C17H12I3NO7S. The summed E-state index contributed by atoms with van der Waals surface area (Å²) < 4.78 is 37.3. The number of imide groups is 1. The molecule has 0 fully saturated rings. The maximum atomic E-state index is 12.6. The summed E-state index contributed by atoms with van der Waals surface area (Å²) >= 11 is 6.16. The van der Waals surface area contributed by atoms with Crippen molar-refractivity contribution in [3.63, 3.8) is 0 Å². The molecule has 0 aromatic heterocycles. The Kier molecular flexibility index (Phi) is 8.80. The first-order valence-electron chi connectivity index (χ1n) is 7.71. The molecule has 0 bridgehead atoms. The highest BCUT2D eigenvalue weighted by atomic mass is 127. The second kappa shape index (κ2) is 10.5. The molecule has 0 radical (unpaired) electrons. The summed E-state index contributed by atoms with van der Waals surface area (Å²) in [5.74, 6) is -3.15. The van der Waals surface area contributed by atoms with E-state index < -0.39 is 40.3 Å². The summed E-state index contributed by atoms with van der Waals surface area (Å²) in [6.07, 6.45) is 0. The Bertz CT molecular complexity index is 1090. The fourth-order valence-corrected chi connectivity index (χ4v) is 4.83. The van der Waals surface area contributed by atoms with Crippen LogP contribution in [0.5, 0.6) is 0 Å². The fraction of sp³-hybridized carbons (Fsp3) is 0.118. The minimum Gasteiger partial charge on any atom is -0.461 e. The van der Waals surface area contributed by atoms with Gasteiger partial charge in [0.25, 0.3) is 21.9 Å². The molecule has 154 valence electrons. The van der Waals surface area contributed by atoms with Gasteiger partial charge >= 0.3 is 5.97 Å². The van der Waals surface area contributed by atoms with Gasteiger partial charge in [-0.05, 0) is 92.0 Å². The van der Waals surface area contributed by atoms with Crippen molar-refractivity contribution in [2.75, 3.05) is 12.4 Å². The van der Waals surface area contributed by atoms with Crippen LogP contribution in [0.15, 0.2) is 36.4 Å². The van der Waals surface area contributed by atoms with Crippen LogP contribution in [0.2, 0.25) is 0 Å². The van der Waals surface area contributed by atoms with Gasteiger partial charge in [-0.2, -0.15) is 8.42 Å². The van der Waals surface area contributed by atoms with Crippen molar-refractivity contribution in [2.24, 2.45) is 0 Å². The third-order valence-corrected chi connectivity index (χ3v) is 7.78. The van der Waals surface area contributed by atoms with Gasteiger partial charge in [-0.3, -0.25) is 19.5 Å². The predicted molar refractivity (Wildman–Crippen MR) is 130 cm³/mol. The SMILES string of the molecule is O=C(NC(=O)c1cc(I)cc(I)c1I)c1ccccc1C(=O)OCCS(=O)(=O)O. The Morgan fingerprint density at radius 3 is 2.17 bits per heavy atom. The maximum absolute atomic E-state index is 12.6. The topological polar surface area (TPSA) is 127 Å². The van der Waals surface area contributed by atoms with Gasteiger partial charge in [0, 0.05) is 10.7 Å². The van der Waals surface area contributed by atoms with Gasteiger partial charge in [0.2, 0.25) is 0 Å². The van der Waals surface area contributed by atoms with E-state index in [4.69, 9.17) is 9.29 Å². The van der Waals surface area contributed by atoms with Crippen LogP contribution in [0.4, 0.5) is 0 Å². The number of amides is 2. The lowest BCUT2D eigenvalue weighted by Crippen LogP contribution is -2.32.